The van der Waals surface area contributed by atoms with Crippen molar-refractivity contribution < 1.29 is 17.5 Å². The monoisotopic (exact) mass is 376 g/mol. The summed E-state index contributed by atoms with van der Waals surface area (Å²) in [5.74, 6) is -0.639. The summed E-state index contributed by atoms with van der Waals surface area (Å²) < 4.78 is 45.7. The summed E-state index contributed by atoms with van der Waals surface area (Å²) in [4.78, 5) is 7.87. The Labute approximate surface area is 151 Å². The van der Waals surface area contributed by atoms with Crippen LogP contribution in [0, 0.1) is 17.1 Å². The first kappa shape index (κ1) is 18.2. The Hall–Kier alpha value is -2.57. The molecule has 0 saturated carbocycles. The zero-order chi connectivity index (χ0) is 18.6. The van der Waals surface area contributed by atoms with Crippen LogP contribution in [0.1, 0.15) is 24.1 Å². The van der Waals surface area contributed by atoms with Crippen molar-refractivity contribution in [1.29, 1.82) is 5.26 Å². The average molecular weight is 376 g/mol. The summed E-state index contributed by atoms with van der Waals surface area (Å²) in [5.41, 5.74) is 0.459. The van der Waals surface area contributed by atoms with Gasteiger partial charge in [-0.3, -0.25) is 0 Å². The van der Waals surface area contributed by atoms with E-state index >= 15 is 0 Å². The number of ether oxygens (including phenoxy) is 1. The highest BCUT2D eigenvalue weighted by atomic mass is 32.2. The molecule has 0 aliphatic carbocycles. The standard InChI is InChI=1S/C17H17FN4O3S/c18-14-4-1-3-13(9-14)12-26(23,24)22-8-2-5-15(11-22)25-17-16(10-19)20-6-7-21-17/h1,3-4,6-7,9,15H,2,5,8,11-12H2. The van der Waals surface area contributed by atoms with E-state index in [4.69, 9.17) is 10.00 Å². The van der Waals surface area contributed by atoms with Gasteiger partial charge in [0.25, 0.3) is 5.88 Å². The van der Waals surface area contributed by atoms with Gasteiger partial charge in [0.2, 0.25) is 15.7 Å². The molecule has 0 radical (unpaired) electrons. The Kier molecular flexibility index (Phi) is 5.44. The Balaban J connectivity index is 1.70. The van der Waals surface area contributed by atoms with E-state index in [0.717, 1.165) is 0 Å². The number of aromatic nitrogens is 2. The first-order valence-electron chi connectivity index (χ1n) is 8.08. The smallest absolute Gasteiger partial charge is 0.251 e. The molecule has 136 valence electrons. The zero-order valence-electron chi connectivity index (χ0n) is 13.9. The molecule has 3 rings (SSSR count). The van der Waals surface area contributed by atoms with Crippen molar-refractivity contribution in [2.24, 2.45) is 0 Å². The molecule has 0 N–H and O–H groups in total. The van der Waals surface area contributed by atoms with Crippen LogP contribution in [0.25, 0.3) is 0 Å². The van der Waals surface area contributed by atoms with E-state index in [1.807, 2.05) is 6.07 Å². The number of halogens is 1. The predicted octanol–water partition coefficient (Wildman–Crippen LogP) is 1.86. The zero-order valence-corrected chi connectivity index (χ0v) is 14.7. The maximum absolute atomic E-state index is 13.3. The summed E-state index contributed by atoms with van der Waals surface area (Å²) >= 11 is 0. The van der Waals surface area contributed by atoms with E-state index < -0.39 is 21.9 Å². The number of piperidine rings is 1. The van der Waals surface area contributed by atoms with Crippen LogP contribution in [0.5, 0.6) is 5.88 Å². The van der Waals surface area contributed by atoms with Gasteiger partial charge in [0, 0.05) is 18.9 Å². The Morgan fingerprint density at radius 1 is 1.35 bits per heavy atom. The second-order valence-electron chi connectivity index (χ2n) is 5.95. The van der Waals surface area contributed by atoms with Gasteiger partial charge in [-0.25, -0.2) is 22.8 Å². The predicted molar refractivity (Wildman–Crippen MR) is 91.0 cm³/mol. The Bertz CT molecular complexity index is 930. The number of nitriles is 1. The van der Waals surface area contributed by atoms with Crippen molar-refractivity contribution in [3.8, 4) is 11.9 Å². The van der Waals surface area contributed by atoms with Crippen LogP contribution in [-0.2, 0) is 15.8 Å². The van der Waals surface area contributed by atoms with E-state index in [0.29, 0.717) is 24.9 Å². The van der Waals surface area contributed by atoms with Gasteiger partial charge in [-0.1, -0.05) is 12.1 Å². The molecular weight excluding hydrogens is 359 g/mol. The molecule has 2 heterocycles. The highest BCUT2D eigenvalue weighted by Crippen LogP contribution is 2.22. The SMILES string of the molecule is N#Cc1nccnc1OC1CCCN(S(=O)(=O)Cc2cccc(F)c2)C1. The van der Waals surface area contributed by atoms with E-state index in [9.17, 15) is 12.8 Å². The highest BCUT2D eigenvalue weighted by Gasteiger charge is 2.30. The van der Waals surface area contributed by atoms with E-state index in [2.05, 4.69) is 9.97 Å². The lowest BCUT2D eigenvalue weighted by molar-refractivity contribution is 0.123. The fourth-order valence-electron chi connectivity index (χ4n) is 2.83. The lowest BCUT2D eigenvalue weighted by atomic mass is 10.1. The number of hydrogen-bond donors (Lipinski definition) is 0. The number of hydrogen-bond acceptors (Lipinski definition) is 6. The Morgan fingerprint density at radius 3 is 2.92 bits per heavy atom. The third-order valence-electron chi connectivity index (χ3n) is 4.02. The van der Waals surface area contributed by atoms with Gasteiger partial charge >= 0.3 is 0 Å². The number of nitrogens with zero attached hydrogens (tertiary/aromatic N) is 4. The maximum atomic E-state index is 13.3. The van der Waals surface area contributed by atoms with Crippen LogP contribution in [0.2, 0.25) is 0 Å². The lowest BCUT2D eigenvalue weighted by Gasteiger charge is -2.31. The molecule has 1 unspecified atom stereocenters. The van der Waals surface area contributed by atoms with Crippen LogP contribution in [0.4, 0.5) is 4.39 Å². The normalized spacial score (nSPS) is 18.2. The minimum atomic E-state index is -3.61. The largest absolute Gasteiger partial charge is 0.471 e. The molecule has 1 fully saturated rings. The van der Waals surface area contributed by atoms with Crippen LogP contribution in [-0.4, -0.2) is 41.9 Å². The number of rotatable bonds is 5. The average Bonchev–Trinajstić information content (AvgIpc) is 2.62. The van der Waals surface area contributed by atoms with Gasteiger partial charge in [0.15, 0.2) is 0 Å². The lowest BCUT2D eigenvalue weighted by Crippen LogP contribution is -2.44. The molecule has 9 heteroatoms. The van der Waals surface area contributed by atoms with Crippen molar-refractivity contribution in [3.05, 3.63) is 53.7 Å². The van der Waals surface area contributed by atoms with Gasteiger partial charge in [0.1, 0.15) is 18.0 Å². The second-order valence-corrected chi connectivity index (χ2v) is 7.92. The number of benzene rings is 1. The van der Waals surface area contributed by atoms with Crippen LogP contribution < -0.4 is 4.74 Å². The molecule has 7 nitrogen and oxygen atoms in total. The van der Waals surface area contributed by atoms with E-state index in [1.165, 1.54) is 34.9 Å². The molecular formula is C17H17FN4O3S. The molecule has 1 atom stereocenters. The fraction of sp³-hybridized carbons (Fsp3) is 0.353. The first-order chi connectivity index (χ1) is 12.5. The van der Waals surface area contributed by atoms with Crippen LogP contribution in [0.3, 0.4) is 0 Å². The number of sulfonamides is 1. The summed E-state index contributed by atoms with van der Waals surface area (Å²) in [6.07, 6.45) is 3.65. The fourth-order valence-corrected chi connectivity index (χ4v) is 4.41. The van der Waals surface area contributed by atoms with Crippen molar-refractivity contribution in [2.75, 3.05) is 13.1 Å². The van der Waals surface area contributed by atoms with Gasteiger partial charge in [-0.05, 0) is 30.5 Å². The summed E-state index contributed by atoms with van der Waals surface area (Å²) in [5, 5.41) is 9.05. The third kappa shape index (κ3) is 4.33. The molecule has 1 aromatic carbocycles. The van der Waals surface area contributed by atoms with Gasteiger partial charge in [-0.2, -0.15) is 9.57 Å². The summed E-state index contributed by atoms with van der Waals surface area (Å²) in [6.45, 7) is 0.530. The van der Waals surface area contributed by atoms with E-state index in [1.54, 1.807) is 6.07 Å². The van der Waals surface area contributed by atoms with Gasteiger partial charge < -0.3 is 4.74 Å². The Morgan fingerprint density at radius 2 is 2.15 bits per heavy atom. The van der Waals surface area contributed by atoms with Crippen molar-refractivity contribution >= 4 is 10.0 Å². The molecule has 0 spiro atoms. The molecule has 2 aromatic rings. The quantitative estimate of drug-likeness (QED) is 0.790. The van der Waals surface area contributed by atoms with Gasteiger partial charge in [0.05, 0.1) is 12.3 Å². The van der Waals surface area contributed by atoms with Crippen LogP contribution >= 0.6 is 0 Å². The molecule has 26 heavy (non-hydrogen) atoms. The minimum Gasteiger partial charge on any atom is -0.471 e. The van der Waals surface area contributed by atoms with Crippen molar-refractivity contribution in [2.45, 2.75) is 24.7 Å². The molecule has 1 aliphatic rings. The van der Waals surface area contributed by atoms with Crippen molar-refractivity contribution in [3.63, 3.8) is 0 Å². The molecule has 1 saturated heterocycles. The van der Waals surface area contributed by atoms with Crippen molar-refractivity contribution in [1.82, 2.24) is 14.3 Å². The summed E-state index contributed by atoms with van der Waals surface area (Å²) in [6, 6.07) is 7.45. The van der Waals surface area contributed by atoms with Crippen LogP contribution in [0.15, 0.2) is 36.7 Å². The second kappa shape index (κ2) is 7.76. The molecule has 0 bridgehead atoms. The molecule has 1 aliphatic heterocycles. The minimum absolute atomic E-state index is 0.0623. The van der Waals surface area contributed by atoms with E-state index in [-0.39, 0.29) is 23.9 Å². The highest BCUT2D eigenvalue weighted by molar-refractivity contribution is 7.88. The topological polar surface area (TPSA) is 96.2 Å². The maximum Gasteiger partial charge on any atom is 0.251 e. The molecule has 1 aromatic heterocycles. The van der Waals surface area contributed by atoms with Gasteiger partial charge in [-0.15, -0.1) is 0 Å². The molecule has 0 amide bonds. The third-order valence-corrected chi connectivity index (χ3v) is 5.84. The first-order valence-corrected chi connectivity index (χ1v) is 9.69. The summed E-state index contributed by atoms with van der Waals surface area (Å²) in [7, 11) is -3.61.